The Labute approximate surface area is 108 Å². The number of hydrogen-bond acceptors (Lipinski definition) is 2. The molecule has 96 valence electrons. The highest BCUT2D eigenvalue weighted by molar-refractivity contribution is 5.69. The first-order valence-corrected chi connectivity index (χ1v) is 6.38. The van der Waals surface area contributed by atoms with Gasteiger partial charge in [-0.1, -0.05) is 19.1 Å². The number of hydrogen-bond donors (Lipinski definition) is 0. The van der Waals surface area contributed by atoms with E-state index in [1.54, 1.807) is 7.11 Å². The van der Waals surface area contributed by atoms with E-state index in [4.69, 9.17) is 4.74 Å². The number of methoxy groups -OCH3 is 1. The van der Waals surface area contributed by atoms with Crippen molar-refractivity contribution in [2.75, 3.05) is 7.11 Å². The maximum absolute atomic E-state index is 5.54. The van der Waals surface area contributed by atoms with Gasteiger partial charge in [0.15, 0.2) is 0 Å². The zero-order valence-corrected chi connectivity index (χ0v) is 11.5. The Kier molecular flexibility index (Phi) is 3.70. The third kappa shape index (κ3) is 2.26. The molecule has 2 rings (SSSR count). The van der Waals surface area contributed by atoms with Crippen LogP contribution in [0.4, 0.5) is 0 Å². The number of aryl methyl sites for hydroxylation is 1. The van der Waals surface area contributed by atoms with Crippen LogP contribution >= 0.6 is 0 Å². The van der Waals surface area contributed by atoms with E-state index in [2.05, 4.69) is 44.1 Å². The normalized spacial score (nSPS) is 10.9. The molecule has 0 fully saturated rings. The van der Waals surface area contributed by atoms with Crippen molar-refractivity contribution >= 4 is 0 Å². The lowest BCUT2D eigenvalue weighted by Gasteiger charge is -2.11. The highest BCUT2D eigenvalue weighted by Gasteiger charge is 2.12. The molecule has 0 N–H and O–H groups in total. The summed E-state index contributed by atoms with van der Waals surface area (Å²) in [6, 6.07) is 8.63. The Balaban J connectivity index is 2.49. The van der Waals surface area contributed by atoms with Crippen LogP contribution in [0.5, 0.6) is 5.75 Å². The number of rotatable bonds is 4. The minimum atomic E-state index is 0.374. The monoisotopic (exact) mass is 244 g/mol. The lowest BCUT2D eigenvalue weighted by molar-refractivity contribution is 0.411. The Bertz CT molecular complexity index is 529. The van der Waals surface area contributed by atoms with Gasteiger partial charge in [-0.2, -0.15) is 5.10 Å². The topological polar surface area (TPSA) is 27.1 Å². The highest BCUT2D eigenvalue weighted by atomic mass is 16.5. The van der Waals surface area contributed by atoms with Crippen molar-refractivity contribution in [3.63, 3.8) is 0 Å². The first-order valence-electron chi connectivity index (χ1n) is 6.38. The van der Waals surface area contributed by atoms with Crippen LogP contribution in [0.2, 0.25) is 0 Å². The summed E-state index contributed by atoms with van der Waals surface area (Å²) < 4.78 is 7.51. The molecule has 0 aliphatic carbocycles. The number of nitrogens with zero attached hydrogens (tertiary/aromatic N) is 2. The summed E-state index contributed by atoms with van der Waals surface area (Å²) >= 11 is 0. The zero-order chi connectivity index (χ0) is 13.1. The molecule has 1 heterocycles. The largest absolute Gasteiger partial charge is 0.496 e. The van der Waals surface area contributed by atoms with Crippen LogP contribution in [-0.2, 0) is 6.42 Å². The zero-order valence-electron chi connectivity index (χ0n) is 11.5. The Hall–Kier alpha value is -1.77. The van der Waals surface area contributed by atoms with Gasteiger partial charge in [-0.15, -0.1) is 0 Å². The molecule has 3 heteroatoms. The van der Waals surface area contributed by atoms with E-state index in [1.807, 2.05) is 16.9 Å². The second kappa shape index (κ2) is 5.25. The summed E-state index contributed by atoms with van der Waals surface area (Å²) in [7, 11) is 1.72. The van der Waals surface area contributed by atoms with Crippen LogP contribution in [0, 0.1) is 0 Å². The van der Waals surface area contributed by atoms with Crippen LogP contribution in [-0.4, -0.2) is 16.9 Å². The van der Waals surface area contributed by atoms with Gasteiger partial charge in [0, 0.05) is 17.8 Å². The molecule has 0 aliphatic heterocycles. The Morgan fingerprint density at radius 1 is 1.28 bits per heavy atom. The van der Waals surface area contributed by atoms with Crippen molar-refractivity contribution in [3.8, 4) is 17.0 Å². The summed E-state index contributed by atoms with van der Waals surface area (Å²) in [5.41, 5.74) is 3.25. The van der Waals surface area contributed by atoms with E-state index in [-0.39, 0.29) is 0 Å². The maximum atomic E-state index is 5.54. The minimum absolute atomic E-state index is 0.374. The van der Waals surface area contributed by atoms with Crippen molar-refractivity contribution in [3.05, 3.63) is 36.0 Å². The lowest BCUT2D eigenvalue weighted by Crippen LogP contribution is -2.01. The summed E-state index contributed by atoms with van der Waals surface area (Å²) in [5.74, 6) is 0.939. The molecular weight excluding hydrogens is 224 g/mol. The SMILES string of the molecule is CCc1cccc(-c2ccn(C(C)C)n2)c1OC. The first-order chi connectivity index (χ1) is 8.67. The molecule has 0 atom stereocenters. The number of aromatic nitrogens is 2. The van der Waals surface area contributed by atoms with Crippen LogP contribution in [0.3, 0.4) is 0 Å². The van der Waals surface area contributed by atoms with Gasteiger partial charge in [-0.25, -0.2) is 0 Å². The Morgan fingerprint density at radius 2 is 2.06 bits per heavy atom. The smallest absolute Gasteiger partial charge is 0.131 e. The van der Waals surface area contributed by atoms with Gasteiger partial charge in [0.2, 0.25) is 0 Å². The molecule has 0 aliphatic rings. The molecule has 3 nitrogen and oxygen atoms in total. The van der Waals surface area contributed by atoms with E-state index in [0.717, 1.165) is 23.4 Å². The molecule has 0 amide bonds. The fourth-order valence-electron chi connectivity index (χ4n) is 2.08. The number of para-hydroxylation sites is 1. The maximum Gasteiger partial charge on any atom is 0.131 e. The van der Waals surface area contributed by atoms with Crippen molar-refractivity contribution < 1.29 is 4.74 Å². The van der Waals surface area contributed by atoms with Gasteiger partial charge in [-0.3, -0.25) is 4.68 Å². The average molecular weight is 244 g/mol. The second-order valence-electron chi connectivity index (χ2n) is 4.63. The summed E-state index contributed by atoms with van der Waals surface area (Å²) in [4.78, 5) is 0. The fraction of sp³-hybridized carbons (Fsp3) is 0.400. The Morgan fingerprint density at radius 3 is 2.61 bits per heavy atom. The predicted molar refractivity (Wildman–Crippen MR) is 74.0 cm³/mol. The molecule has 0 radical (unpaired) electrons. The van der Waals surface area contributed by atoms with Gasteiger partial charge < -0.3 is 4.74 Å². The van der Waals surface area contributed by atoms with Gasteiger partial charge in [0.1, 0.15) is 5.75 Å². The molecule has 0 unspecified atom stereocenters. The molecule has 0 saturated heterocycles. The fourth-order valence-corrected chi connectivity index (χ4v) is 2.08. The average Bonchev–Trinajstić information content (AvgIpc) is 2.87. The third-order valence-electron chi connectivity index (χ3n) is 3.09. The highest BCUT2D eigenvalue weighted by Crippen LogP contribution is 2.32. The molecule has 1 aromatic heterocycles. The van der Waals surface area contributed by atoms with Gasteiger partial charge in [0.25, 0.3) is 0 Å². The first kappa shape index (κ1) is 12.7. The van der Waals surface area contributed by atoms with Crippen LogP contribution < -0.4 is 4.74 Å². The van der Waals surface area contributed by atoms with Crippen LogP contribution in [0.15, 0.2) is 30.5 Å². The quantitative estimate of drug-likeness (QED) is 0.820. The molecular formula is C15H20N2O. The second-order valence-corrected chi connectivity index (χ2v) is 4.63. The van der Waals surface area contributed by atoms with Gasteiger partial charge in [0.05, 0.1) is 12.8 Å². The van der Waals surface area contributed by atoms with Crippen molar-refractivity contribution in [2.24, 2.45) is 0 Å². The van der Waals surface area contributed by atoms with Crippen molar-refractivity contribution in [1.29, 1.82) is 0 Å². The lowest BCUT2D eigenvalue weighted by atomic mass is 10.0. The predicted octanol–water partition coefficient (Wildman–Crippen LogP) is 3.70. The van der Waals surface area contributed by atoms with Crippen molar-refractivity contribution in [1.82, 2.24) is 9.78 Å². The molecule has 18 heavy (non-hydrogen) atoms. The molecule has 0 spiro atoms. The van der Waals surface area contributed by atoms with E-state index in [9.17, 15) is 0 Å². The molecule has 1 aromatic carbocycles. The molecule has 0 bridgehead atoms. The van der Waals surface area contributed by atoms with Crippen LogP contribution in [0.25, 0.3) is 11.3 Å². The third-order valence-corrected chi connectivity index (χ3v) is 3.09. The van der Waals surface area contributed by atoms with Crippen molar-refractivity contribution in [2.45, 2.75) is 33.2 Å². The van der Waals surface area contributed by atoms with Crippen LogP contribution in [0.1, 0.15) is 32.4 Å². The van der Waals surface area contributed by atoms with E-state index in [1.165, 1.54) is 5.56 Å². The van der Waals surface area contributed by atoms with Gasteiger partial charge >= 0.3 is 0 Å². The summed E-state index contributed by atoms with van der Waals surface area (Å²) in [6.07, 6.45) is 2.97. The summed E-state index contributed by atoms with van der Waals surface area (Å²) in [6.45, 7) is 6.38. The van der Waals surface area contributed by atoms with E-state index >= 15 is 0 Å². The number of ether oxygens (including phenoxy) is 1. The van der Waals surface area contributed by atoms with E-state index in [0.29, 0.717) is 6.04 Å². The summed E-state index contributed by atoms with van der Waals surface area (Å²) in [5, 5.41) is 4.60. The van der Waals surface area contributed by atoms with Gasteiger partial charge in [-0.05, 0) is 38.0 Å². The molecule has 2 aromatic rings. The standard InChI is InChI=1S/C15H20N2O/c1-5-12-7-6-8-13(15(12)18-4)14-9-10-17(16-14)11(2)3/h6-11H,5H2,1-4H3. The minimum Gasteiger partial charge on any atom is -0.496 e. The van der Waals surface area contributed by atoms with E-state index < -0.39 is 0 Å². The molecule has 0 saturated carbocycles. The number of benzene rings is 1.